The number of hydrogen-bond acceptors (Lipinski definition) is 4. The van der Waals surface area contributed by atoms with E-state index in [-0.39, 0.29) is 0 Å². The molecule has 1 saturated carbocycles. The van der Waals surface area contributed by atoms with E-state index < -0.39 is 0 Å². The predicted molar refractivity (Wildman–Crippen MR) is 85.2 cm³/mol. The largest absolute Gasteiger partial charge is 0.473 e. The molecule has 0 radical (unpaired) electrons. The molecule has 2 atom stereocenters. The average Bonchev–Trinajstić information content (AvgIpc) is 2.49. The molecule has 1 fully saturated rings. The fraction of sp³-hybridized carbons (Fsp3) is 0.765. The molecule has 21 heavy (non-hydrogen) atoms. The van der Waals surface area contributed by atoms with Crippen molar-refractivity contribution in [1.29, 1.82) is 0 Å². The molecular weight excluding hydrogens is 262 g/mol. The fourth-order valence-electron chi connectivity index (χ4n) is 2.94. The third-order valence-electron chi connectivity index (χ3n) is 4.19. The highest BCUT2D eigenvalue weighted by molar-refractivity contribution is 5.12. The highest BCUT2D eigenvalue weighted by atomic mass is 16.5. The van der Waals surface area contributed by atoms with Crippen LogP contribution in [-0.4, -0.2) is 22.8 Å². The molecule has 1 heterocycles. The minimum absolute atomic E-state index is 0.322. The number of hydrogen-bond donors (Lipinski definition) is 1. The lowest BCUT2D eigenvalue weighted by Crippen LogP contribution is -2.30. The van der Waals surface area contributed by atoms with Gasteiger partial charge in [0.15, 0.2) is 0 Å². The second-order valence-electron chi connectivity index (χ2n) is 6.50. The van der Waals surface area contributed by atoms with Gasteiger partial charge in [0.25, 0.3) is 0 Å². The summed E-state index contributed by atoms with van der Waals surface area (Å²) in [7, 11) is 0. The fourth-order valence-corrected chi connectivity index (χ4v) is 2.94. The molecule has 0 aromatic carbocycles. The van der Waals surface area contributed by atoms with Crippen molar-refractivity contribution in [3.63, 3.8) is 0 Å². The maximum atomic E-state index is 6.06. The maximum absolute atomic E-state index is 6.06. The quantitative estimate of drug-likeness (QED) is 0.834. The van der Waals surface area contributed by atoms with E-state index in [4.69, 9.17) is 4.74 Å². The zero-order valence-electron chi connectivity index (χ0n) is 13.6. The second-order valence-corrected chi connectivity index (χ2v) is 6.50. The molecule has 0 aliphatic heterocycles. The van der Waals surface area contributed by atoms with Gasteiger partial charge in [0.1, 0.15) is 6.10 Å². The van der Waals surface area contributed by atoms with E-state index in [2.05, 4.69) is 36.3 Å². The number of rotatable bonds is 7. The van der Waals surface area contributed by atoms with Gasteiger partial charge >= 0.3 is 0 Å². The van der Waals surface area contributed by atoms with Gasteiger partial charge in [-0.25, -0.2) is 0 Å². The van der Waals surface area contributed by atoms with Crippen molar-refractivity contribution < 1.29 is 4.74 Å². The van der Waals surface area contributed by atoms with Gasteiger partial charge in [0.05, 0.1) is 5.69 Å². The Morgan fingerprint density at radius 3 is 2.71 bits per heavy atom. The lowest BCUT2D eigenvalue weighted by atomic mass is 9.85. The van der Waals surface area contributed by atoms with Crippen LogP contribution in [0.1, 0.15) is 58.6 Å². The molecule has 1 aliphatic rings. The van der Waals surface area contributed by atoms with Crippen LogP contribution in [0.4, 0.5) is 0 Å². The van der Waals surface area contributed by atoms with Crippen LogP contribution >= 0.6 is 0 Å². The molecule has 1 aliphatic carbocycles. The smallest absolute Gasteiger partial charge is 0.233 e. The summed E-state index contributed by atoms with van der Waals surface area (Å²) in [6.07, 6.45) is 6.55. The van der Waals surface area contributed by atoms with Crippen molar-refractivity contribution in [2.24, 2.45) is 11.8 Å². The molecule has 1 N–H and O–H groups in total. The van der Waals surface area contributed by atoms with Crippen molar-refractivity contribution in [3.05, 3.63) is 17.8 Å². The first-order valence-electron chi connectivity index (χ1n) is 8.39. The van der Waals surface area contributed by atoms with Crippen molar-refractivity contribution in [2.45, 2.75) is 65.5 Å². The van der Waals surface area contributed by atoms with Crippen LogP contribution in [0.25, 0.3) is 0 Å². The lowest BCUT2D eigenvalue weighted by molar-refractivity contribution is 0.0847. The van der Waals surface area contributed by atoms with Gasteiger partial charge in [-0.15, -0.1) is 5.10 Å². The monoisotopic (exact) mass is 291 g/mol. The second kappa shape index (κ2) is 8.32. The third-order valence-corrected chi connectivity index (χ3v) is 4.19. The number of aromatic nitrogens is 2. The zero-order chi connectivity index (χ0) is 15.1. The van der Waals surface area contributed by atoms with Crippen molar-refractivity contribution in [1.82, 2.24) is 15.5 Å². The molecule has 0 bridgehead atoms. The van der Waals surface area contributed by atoms with Gasteiger partial charge < -0.3 is 10.1 Å². The van der Waals surface area contributed by atoms with Gasteiger partial charge in [-0.05, 0) is 50.1 Å². The molecule has 0 spiro atoms. The van der Waals surface area contributed by atoms with Crippen LogP contribution in [0.2, 0.25) is 0 Å². The molecule has 1 aromatic rings. The van der Waals surface area contributed by atoms with E-state index in [0.717, 1.165) is 25.2 Å². The summed E-state index contributed by atoms with van der Waals surface area (Å²) in [5, 5.41) is 11.9. The van der Waals surface area contributed by atoms with Crippen LogP contribution < -0.4 is 10.1 Å². The van der Waals surface area contributed by atoms with Crippen LogP contribution in [0, 0.1) is 11.8 Å². The molecule has 4 heteroatoms. The Labute approximate surface area is 128 Å². The highest BCUT2D eigenvalue weighted by Crippen LogP contribution is 2.29. The number of nitrogens with one attached hydrogen (secondary N) is 1. The highest BCUT2D eigenvalue weighted by Gasteiger charge is 2.25. The predicted octanol–water partition coefficient (Wildman–Crippen LogP) is 3.57. The third kappa shape index (κ3) is 5.27. The van der Waals surface area contributed by atoms with E-state index in [9.17, 15) is 0 Å². The van der Waals surface area contributed by atoms with Crippen molar-refractivity contribution >= 4 is 0 Å². The van der Waals surface area contributed by atoms with E-state index >= 15 is 0 Å². The normalized spacial score (nSPS) is 22.5. The molecule has 0 saturated heterocycles. The first-order chi connectivity index (χ1) is 10.2. The molecule has 4 nitrogen and oxygen atoms in total. The van der Waals surface area contributed by atoms with Gasteiger partial charge in [-0.2, -0.15) is 5.10 Å². The first-order valence-corrected chi connectivity index (χ1v) is 8.39. The standard InChI is InChI=1S/C17H29N3O/c1-4-14-7-5-6-8-16(14)21-17-10-9-15(19-20-17)12-18-11-13(2)3/h9-10,13-14,16,18H,4-8,11-12H2,1-3H3. The Hall–Kier alpha value is -1.16. The van der Waals surface area contributed by atoms with Gasteiger partial charge in [-0.1, -0.05) is 27.2 Å². The summed E-state index contributed by atoms with van der Waals surface area (Å²) in [6, 6.07) is 3.97. The van der Waals surface area contributed by atoms with Gasteiger partial charge in [-0.3, -0.25) is 0 Å². The molecule has 2 unspecified atom stereocenters. The molecule has 2 rings (SSSR count). The van der Waals surface area contributed by atoms with Crippen LogP contribution in [0.3, 0.4) is 0 Å². The zero-order valence-corrected chi connectivity index (χ0v) is 13.6. The summed E-state index contributed by atoms with van der Waals surface area (Å²) in [5.41, 5.74) is 0.971. The summed E-state index contributed by atoms with van der Waals surface area (Å²) in [6.45, 7) is 8.42. The minimum Gasteiger partial charge on any atom is -0.473 e. The molecular formula is C17H29N3O. The Balaban J connectivity index is 1.83. The average molecular weight is 291 g/mol. The van der Waals surface area contributed by atoms with Gasteiger partial charge in [0, 0.05) is 12.6 Å². The van der Waals surface area contributed by atoms with Crippen LogP contribution in [0.15, 0.2) is 12.1 Å². The van der Waals surface area contributed by atoms with Crippen molar-refractivity contribution in [3.8, 4) is 5.88 Å². The molecule has 0 amide bonds. The Bertz CT molecular complexity index is 405. The topological polar surface area (TPSA) is 47.0 Å². The maximum Gasteiger partial charge on any atom is 0.233 e. The van der Waals surface area contributed by atoms with Crippen LogP contribution in [-0.2, 0) is 6.54 Å². The van der Waals surface area contributed by atoms with Gasteiger partial charge in [0.2, 0.25) is 5.88 Å². The lowest BCUT2D eigenvalue weighted by Gasteiger charge is -2.30. The minimum atomic E-state index is 0.322. The van der Waals surface area contributed by atoms with Crippen LogP contribution in [0.5, 0.6) is 5.88 Å². The summed E-state index contributed by atoms with van der Waals surface area (Å²) in [4.78, 5) is 0. The van der Waals surface area contributed by atoms with Crippen molar-refractivity contribution in [2.75, 3.05) is 6.54 Å². The first kappa shape index (κ1) is 16.2. The molecule has 118 valence electrons. The Morgan fingerprint density at radius 2 is 2.05 bits per heavy atom. The summed E-state index contributed by atoms with van der Waals surface area (Å²) >= 11 is 0. The number of ether oxygens (including phenoxy) is 1. The summed E-state index contributed by atoms with van der Waals surface area (Å²) in [5.74, 6) is 2.00. The van der Waals surface area contributed by atoms with E-state index in [1.165, 1.54) is 25.7 Å². The molecule has 1 aromatic heterocycles. The van der Waals surface area contributed by atoms with E-state index in [1.54, 1.807) is 0 Å². The Morgan fingerprint density at radius 1 is 1.24 bits per heavy atom. The summed E-state index contributed by atoms with van der Waals surface area (Å²) < 4.78 is 6.06. The Kier molecular flexibility index (Phi) is 6.43. The van der Waals surface area contributed by atoms with E-state index in [1.807, 2.05) is 12.1 Å². The van der Waals surface area contributed by atoms with E-state index in [0.29, 0.717) is 23.8 Å². The number of nitrogens with zero attached hydrogens (tertiary/aromatic N) is 2. The SMILES string of the molecule is CCC1CCCCC1Oc1ccc(CNCC(C)C)nn1.